The number of piperidine rings is 1. The summed E-state index contributed by atoms with van der Waals surface area (Å²) in [6, 6.07) is 7.27. The Morgan fingerprint density at radius 1 is 1.48 bits per heavy atom. The van der Waals surface area contributed by atoms with Crippen LogP contribution < -0.4 is 10.2 Å². The van der Waals surface area contributed by atoms with Gasteiger partial charge in [0.25, 0.3) is 5.91 Å². The van der Waals surface area contributed by atoms with Gasteiger partial charge in [-0.25, -0.2) is 4.98 Å². The average molecular weight is 360 g/mol. The van der Waals surface area contributed by atoms with Crippen molar-refractivity contribution in [3.8, 4) is 0 Å². The van der Waals surface area contributed by atoms with E-state index in [9.17, 15) is 9.90 Å². The summed E-state index contributed by atoms with van der Waals surface area (Å²) < 4.78 is 0. The van der Waals surface area contributed by atoms with Crippen molar-refractivity contribution < 1.29 is 9.90 Å². The van der Waals surface area contributed by atoms with Crippen molar-refractivity contribution in [2.45, 2.75) is 25.1 Å². The van der Waals surface area contributed by atoms with Crippen molar-refractivity contribution in [2.24, 2.45) is 0 Å². The van der Waals surface area contributed by atoms with Gasteiger partial charge in [0, 0.05) is 50.4 Å². The molecule has 1 aromatic heterocycles. The summed E-state index contributed by atoms with van der Waals surface area (Å²) in [5, 5.41) is 15.4. The summed E-state index contributed by atoms with van der Waals surface area (Å²) in [5.74, 6) is -0.138. The maximum absolute atomic E-state index is 12.5. The van der Waals surface area contributed by atoms with Gasteiger partial charge in [-0.3, -0.25) is 9.69 Å². The van der Waals surface area contributed by atoms with E-state index in [1.165, 1.54) is 0 Å². The number of hydrogen-bond donors (Lipinski definition) is 2. The molecule has 0 spiro atoms. The van der Waals surface area contributed by atoms with Gasteiger partial charge in [-0.1, -0.05) is 6.07 Å². The molecule has 3 rings (SSSR count). The molecular formula is C18H24N4O2S. The van der Waals surface area contributed by atoms with E-state index in [4.69, 9.17) is 0 Å². The van der Waals surface area contributed by atoms with Crippen LogP contribution in [0, 0.1) is 0 Å². The van der Waals surface area contributed by atoms with E-state index in [1.54, 1.807) is 17.4 Å². The van der Waals surface area contributed by atoms with E-state index in [1.807, 2.05) is 48.1 Å². The maximum atomic E-state index is 12.5. The molecule has 7 heteroatoms. The minimum Gasteiger partial charge on any atom is -0.390 e. The molecule has 1 saturated heterocycles. The predicted molar refractivity (Wildman–Crippen MR) is 100 cm³/mol. The van der Waals surface area contributed by atoms with E-state index in [0.717, 1.165) is 30.9 Å². The van der Waals surface area contributed by atoms with Crippen LogP contribution in [0.15, 0.2) is 35.2 Å². The third kappa shape index (κ3) is 4.56. The number of β-amino-alcohol motifs (C(OH)–C–C–N with tert-alkyl or cyclic N) is 1. The highest BCUT2D eigenvalue weighted by Crippen LogP contribution is 2.17. The zero-order valence-electron chi connectivity index (χ0n) is 14.6. The molecule has 1 aliphatic rings. The third-order valence-electron chi connectivity index (χ3n) is 4.48. The summed E-state index contributed by atoms with van der Waals surface area (Å²) in [6.45, 7) is 2.11. The fourth-order valence-corrected chi connectivity index (χ4v) is 3.58. The lowest BCUT2D eigenvalue weighted by molar-refractivity contribution is 0.0346. The topological polar surface area (TPSA) is 68.7 Å². The molecule has 0 unspecified atom stereocenters. The Kier molecular flexibility index (Phi) is 5.67. The van der Waals surface area contributed by atoms with Crippen LogP contribution in [-0.2, 0) is 6.54 Å². The average Bonchev–Trinajstić information content (AvgIpc) is 3.10. The standard InChI is InChI=1S/C18H24N4O2S/c1-21(2)15-5-3-4-13(8-15)18(24)20-16-6-7-22(10-17(16)23)9-14-11-25-12-19-14/h3-5,8,11-12,16-17,23H,6-7,9-10H2,1-2H3,(H,20,24)/t16-,17-/m1/s1. The van der Waals surface area contributed by atoms with Gasteiger partial charge >= 0.3 is 0 Å². The quantitative estimate of drug-likeness (QED) is 0.847. The number of anilines is 1. The fourth-order valence-electron chi connectivity index (χ4n) is 3.03. The second-order valence-corrected chi connectivity index (χ2v) is 7.31. The van der Waals surface area contributed by atoms with Crippen LogP contribution in [0.1, 0.15) is 22.5 Å². The molecular weight excluding hydrogens is 336 g/mol. The van der Waals surface area contributed by atoms with Crippen LogP contribution in [0.5, 0.6) is 0 Å². The number of aliphatic hydroxyl groups is 1. The van der Waals surface area contributed by atoms with Crippen LogP contribution in [0.3, 0.4) is 0 Å². The van der Waals surface area contributed by atoms with Crippen molar-refractivity contribution >= 4 is 22.9 Å². The second-order valence-electron chi connectivity index (χ2n) is 6.60. The van der Waals surface area contributed by atoms with Crippen molar-refractivity contribution in [3.63, 3.8) is 0 Å². The van der Waals surface area contributed by atoms with Gasteiger partial charge in [0.1, 0.15) is 0 Å². The highest BCUT2D eigenvalue weighted by Gasteiger charge is 2.29. The highest BCUT2D eigenvalue weighted by atomic mass is 32.1. The van der Waals surface area contributed by atoms with Gasteiger partial charge in [0.2, 0.25) is 0 Å². The Balaban J connectivity index is 1.56. The zero-order valence-corrected chi connectivity index (χ0v) is 15.4. The smallest absolute Gasteiger partial charge is 0.251 e. The number of nitrogens with zero attached hydrogens (tertiary/aromatic N) is 3. The van der Waals surface area contributed by atoms with Gasteiger partial charge in [0.05, 0.1) is 23.4 Å². The number of aromatic nitrogens is 1. The normalized spacial score (nSPS) is 21.1. The first-order chi connectivity index (χ1) is 12.0. The number of carbonyl (C=O) groups excluding carboxylic acids is 1. The minimum atomic E-state index is -0.576. The van der Waals surface area contributed by atoms with Crippen LogP contribution in [0.2, 0.25) is 0 Å². The van der Waals surface area contributed by atoms with Gasteiger partial charge in [-0.2, -0.15) is 0 Å². The summed E-state index contributed by atoms with van der Waals surface area (Å²) in [7, 11) is 3.89. The number of thiazole rings is 1. The number of carbonyl (C=O) groups is 1. The first-order valence-electron chi connectivity index (χ1n) is 8.38. The number of likely N-dealkylation sites (tertiary alicyclic amines) is 1. The third-order valence-corrected chi connectivity index (χ3v) is 5.11. The van der Waals surface area contributed by atoms with Crippen LogP contribution in [0.25, 0.3) is 0 Å². The maximum Gasteiger partial charge on any atom is 0.251 e. The molecule has 1 amide bonds. The van der Waals surface area contributed by atoms with Crippen molar-refractivity contribution in [1.82, 2.24) is 15.2 Å². The molecule has 2 N–H and O–H groups in total. The van der Waals surface area contributed by atoms with Crippen LogP contribution in [-0.4, -0.2) is 60.2 Å². The molecule has 2 aromatic rings. The van der Waals surface area contributed by atoms with Gasteiger partial charge in [-0.05, 0) is 24.6 Å². The van der Waals surface area contributed by atoms with Crippen LogP contribution >= 0.6 is 11.3 Å². The minimum absolute atomic E-state index is 0.138. The molecule has 2 heterocycles. The number of nitrogens with one attached hydrogen (secondary N) is 1. The lowest BCUT2D eigenvalue weighted by Crippen LogP contribution is -2.53. The van der Waals surface area contributed by atoms with E-state index in [-0.39, 0.29) is 11.9 Å². The molecule has 0 aliphatic carbocycles. The van der Waals surface area contributed by atoms with Crippen molar-refractivity contribution in [3.05, 3.63) is 46.4 Å². The SMILES string of the molecule is CN(C)c1cccc(C(=O)N[C@@H]2CCN(Cc3cscn3)C[C@H]2O)c1. The number of aliphatic hydroxyl groups excluding tert-OH is 1. The van der Waals surface area contributed by atoms with Gasteiger partial charge in [-0.15, -0.1) is 11.3 Å². The monoisotopic (exact) mass is 360 g/mol. The number of amides is 1. The Hall–Kier alpha value is -1.96. The predicted octanol–water partition coefficient (Wildman–Crippen LogP) is 1.57. The lowest BCUT2D eigenvalue weighted by Gasteiger charge is -2.36. The van der Waals surface area contributed by atoms with Crippen molar-refractivity contribution in [2.75, 3.05) is 32.1 Å². The molecule has 2 atom stereocenters. The number of benzene rings is 1. The fraction of sp³-hybridized carbons (Fsp3) is 0.444. The summed E-state index contributed by atoms with van der Waals surface area (Å²) in [6.07, 6.45) is 0.151. The molecule has 6 nitrogen and oxygen atoms in total. The molecule has 1 aromatic carbocycles. The van der Waals surface area contributed by atoms with Gasteiger partial charge in [0.15, 0.2) is 0 Å². The van der Waals surface area contributed by atoms with E-state index >= 15 is 0 Å². The van der Waals surface area contributed by atoms with Crippen LogP contribution in [0.4, 0.5) is 5.69 Å². The first-order valence-corrected chi connectivity index (χ1v) is 9.33. The number of rotatable bonds is 5. The molecule has 134 valence electrons. The summed E-state index contributed by atoms with van der Waals surface area (Å²) in [5.41, 5.74) is 4.44. The van der Waals surface area contributed by atoms with Crippen molar-refractivity contribution in [1.29, 1.82) is 0 Å². The largest absolute Gasteiger partial charge is 0.390 e. The lowest BCUT2D eigenvalue weighted by atomic mass is 10.0. The van der Waals surface area contributed by atoms with E-state index in [0.29, 0.717) is 12.1 Å². The molecule has 0 saturated carbocycles. The highest BCUT2D eigenvalue weighted by molar-refractivity contribution is 7.07. The number of hydrogen-bond acceptors (Lipinski definition) is 6. The Bertz CT molecular complexity index is 705. The zero-order chi connectivity index (χ0) is 17.8. The molecule has 0 bridgehead atoms. The Labute approximate surface area is 152 Å². The molecule has 25 heavy (non-hydrogen) atoms. The second kappa shape index (κ2) is 7.95. The van der Waals surface area contributed by atoms with E-state index in [2.05, 4.69) is 15.2 Å². The summed E-state index contributed by atoms with van der Waals surface area (Å²) >= 11 is 1.58. The van der Waals surface area contributed by atoms with Gasteiger partial charge < -0.3 is 15.3 Å². The van der Waals surface area contributed by atoms with E-state index < -0.39 is 6.10 Å². The first kappa shape index (κ1) is 17.8. The molecule has 1 fully saturated rings. The Morgan fingerprint density at radius 2 is 2.32 bits per heavy atom. The Morgan fingerprint density at radius 3 is 3.00 bits per heavy atom. The molecule has 0 radical (unpaired) electrons. The summed E-state index contributed by atoms with van der Waals surface area (Å²) in [4.78, 5) is 20.9. The molecule has 1 aliphatic heterocycles.